The highest BCUT2D eigenvalue weighted by Gasteiger charge is 2.27. The van der Waals surface area contributed by atoms with Gasteiger partial charge in [-0.1, -0.05) is 23.4 Å². The summed E-state index contributed by atoms with van der Waals surface area (Å²) < 4.78 is 7.54. The number of hydrogen-bond donors (Lipinski definition) is 1. The highest BCUT2D eigenvalue weighted by Crippen LogP contribution is 2.39. The summed E-state index contributed by atoms with van der Waals surface area (Å²) in [4.78, 5) is 14.3. The van der Waals surface area contributed by atoms with Gasteiger partial charge in [-0.15, -0.1) is 5.10 Å². The number of amides is 1. The molecular formula is C29H32N6O2. The van der Waals surface area contributed by atoms with Gasteiger partial charge in [-0.25, -0.2) is 9.48 Å². The van der Waals surface area contributed by atoms with Gasteiger partial charge in [0, 0.05) is 30.9 Å². The van der Waals surface area contributed by atoms with Crippen molar-refractivity contribution in [3.05, 3.63) is 70.9 Å². The summed E-state index contributed by atoms with van der Waals surface area (Å²) in [6.45, 7) is 9.57. The van der Waals surface area contributed by atoms with E-state index >= 15 is 0 Å². The molecule has 0 bridgehead atoms. The van der Waals surface area contributed by atoms with Gasteiger partial charge in [-0.3, -0.25) is 0 Å². The van der Waals surface area contributed by atoms with Crippen LogP contribution in [-0.2, 0) is 11.3 Å². The molecule has 0 radical (unpaired) electrons. The highest BCUT2D eigenvalue weighted by atomic mass is 16.6. The molecule has 8 nitrogen and oxygen atoms in total. The molecule has 1 atom stereocenters. The maximum Gasteiger partial charge on any atom is 0.410 e. The van der Waals surface area contributed by atoms with Crippen molar-refractivity contribution in [3.63, 3.8) is 0 Å². The van der Waals surface area contributed by atoms with Crippen LogP contribution >= 0.6 is 0 Å². The van der Waals surface area contributed by atoms with E-state index in [9.17, 15) is 4.79 Å². The lowest BCUT2D eigenvalue weighted by molar-refractivity contribution is 0.0270. The number of fused-ring (bicyclic) bond motifs is 3. The van der Waals surface area contributed by atoms with Gasteiger partial charge in [0.05, 0.1) is 29.1 Å². The van der Waals surface area contributed by atoms with Crippen LogP contribution in [0.1, 0.15) is 62.0 Å². The van der Waals surface area contributed by atoms with Crippen LogP contribution in [0.3, 0.4) is 0 Å². The predicted molar refractivity (Wildman–Crippen MR) is 143 cm³/mol. The van der Waals surface area contributed by atoms with Crippen LogP contribution in [0.4, 0.5) is 10.5 Å². The zero-order chi connectivity index (χ0) is 26.2. The number of aryl methyl sites for hydroxylation is 2. The lowest BCUT2D eigenvalue weighted by Crippen LogP contribution is -2.39. The maximum atomic E-state index is 12.5. The smallest absolute Gasteiger partial charge is 0.410 e. The van der Waals surface area contributed by atoms with Crippen molar-refractivity contribution in [3.8, 4) is 17.3 Å². The van der Waals surface area contributed by atoms with E-state index in [-0.39, 0.29) is 12.1 Å². The van der Waals surface area contributed by atoms with Gasteiger partial charge in [-0.2, -0.15) is 5.26 Å². The highest BCUT2D eigenvalue weighted by molar-refractivity contribution is 5.76. The van der Waals surface area contributed by atoms with E-state index in [0.29, 0.717) is 18.7 Å². The summed E-state index contributed by atoms with van der Waals surface area (Å²) in [5.41, 5.74) is 7.79. The minimum Gasteiger partial charge on any atom is -0.444 e. The first-order valence-corrected chi connectivity index (χ1v) is 12.7. The van der Waals surface area contributed by atoms with Crippen LogP contribution in [0.15, 0.2) is 48.5 Å². The first kappa shape index (κ1) is 24.6. The molecule has 0 saturated carbocycles. The number of rotatable bonds is 3. The minimum absolute atomic E-state index is 0.0615. The molecule has 1 unspecified atom stereocenters. The SMILES string of the molecule is Cc1nnn2c1-c1ccc(C3=CCN(C(=O)OC(C)(C)C)CC3)cc1C(Nc1ccc(C#N)cc1)CC2. The van der Waals surface area contributed by atoms with Crippen molar-refractivity contribution in [2.75, 3.05) is 18.4 Å². The Labute approximate surface area is 217 Å². The zero-order valence-electron chi connectivity index (χ0n) is 21.8. The summed E-state index contributed by atoms with van der Waals surface area (Å²) >= 11 is 0. The van der Waals surface area contributed by atoms with Gasteiger partial charge >= 0.3 is 6.09 Å². The molecule has 0 aliphatic carbocycles. The van der Waals surface area contributed by atoms with Crippen LogP contribution < -0.4 is 5.32 Å². The third-order valence-electron chi connectivity index (χ3n) is 6.80. The molecule has 0 spiro atoms. The van der Waals surface area contributed by atoms with Gasteiger partial charge in [0.15, 0.2) is 0 Å². The minimum atomic E-state index is -0.505. The Balaban J connectivity index is 1.46. The van der Waals surface area contributed by atoms with Crippen LogP contribution in [0.2, 0.25) is 0 Å². The Morgan fingerprint density at radius 3 is 2.62 bits per heavy atom. The Morgan fingerprint density at radius 2 is 1.95 bits per heavy atom. The molecule has 5 rings (SSSR count). The predicted octanol–water partition coefficient (Wildman–Crippen LogP) is 5.71. The van der Waals surface area contributed by atoms with Crippen molar-refractivity contribution in [2.24, 2.45) is 0 Å². The number of carbonyl (C=O) groups excluding carboxylic acids is 1. The van der Waals surface area contributed by atoms with Crippen molar-refractivity contribution in [1.82, 2.24) is 19.9 Å². The summed E-state index contributed by atoms with van der Waals surface area (Å²) in [5, 5.41) is 21.6. The van der Waals surface area contributed by atoms with E-state index in [0.717, 1.165) is 47.6 Å². The molecule has 0 saturated heterocycles. The fraction of sp³-hybridized carbons (Fsp3) is 0.379. The topological polar surface area (TPSA) is 96.1 Å². The largest absolute Gasteiger partial charge is 0.444 e. The molecule has 3 aromatic rings. The lowest BCUT2D eigenvalue weighted by Gasteiger charge is -2.30. The standard InChI is InChI=1S/C29H32N6O2/c1-19-27-24-10-7-22(21-11-14-34(15-12-21)28(36)37-29(2,3)4)17-25(24)26(13-16-35(27)33-32-19)31-23-8-5-20(18-30)6-9-23/h5-11,17,26,31H,12-16H2,1-4H3. The molecule has 8 heteroatoms. The molecule has 1 aromatic heterocycles. The number of ether oxygens (including phenoxy) is 1. The first-order chi connectivity index (χ1) is 17.7. The summed E-state index contributed by atoms with van der Waals surface area (Å²) in [6, 6.07) is 16.4. The molecular weight excluding hydrogens is 464 g/mol. The van der Waals surface area contributed by atoms with E-state index < -0.39 is 5.60 Å². The van der Waals surface area contributed by atoms with E-state index in [1.165, 1.54) is 11.1 Å². The molecule has 190 valence electrons. The van der Waals surface area contributed by atoms with Gasteiger partial charge in [0.25, 0.3) is 0 Å². The molecule has 2 aliphatic heterocycles. The third-order valence-corrected chi connectivity index (χ3v) is 6.80. The fourth-order valence-corrected chi connectivity index (χ4v) is 4.98. The molecule has 2 aliphatic rings. The van der Waals surface area contributed by atoms with E-state index in [1.54, 1.807) is 4.90 Å². The van der Waals surface area contributed by atoms with Crippen LogP contribution in [0.5, 0.6) is 0 Å². The molecule has 1 N–H and O–H groups in total. The maximum absolute atomic E-state index is 12.5. The van der Waals surface area contributed by atoms with Crippen LogP contribution in [0, 0.1) is 18.3 Å². The summed E-state index contributed by atoms with van der Waals surface area (Å²) in [6.07, 6.45) is 3.47. The number of aromatic nitrogens is 3. The molecule has 0 fully saturated rings. The van der Waals surface area contributed by atoms with Crippen LogP contribution in [0.25, 0.3) is 16.8 Å². The second-order valence-corrected chi connectivity index (χ2v) is 10.6. The monoisotopic (exact) mass is 496 g/mol. The van der Waals surface area contributed by atoms with Crippen molar-refractivity contribution >= 4 is 17.4 Å². The number of nitrogens with zero attached hydrogens (tertiary/aromatic N) is 5. The second-order valence-electron chi connectivity index (χ2n) is 10.6. The average molecular weight is 497 g/mol. The van der Waals surface area contributed by atoms with Gasteiger partial charge in [-0.05, 0) is 87.6 Å². The number of nitrogens with one attached hydrogen (secondary N) is 1. The zero-order valence-corrected chi connectivity index (χ0v) is 21.8. The van der Waals surface area contributed by atoms with Gasteiger partial charge < -0.3 is 15.0 Å². The van der Waals surface area contributed by atoms with Gasteiger partial charge in [0.2, 0.25) is 0 Å². The summed E-state index contributed by atoms with van der Waals surface area (Å²) in [5.74, 6) is 0. The Hall–Kier alpha value is -4.12. The number of hydrogen-bond acceptors (Lipinski definition) is 6. The first-order valence-electron chi connectivity index (χ1n) is 12.7. The van der Waals surface area contributed by atoms with Crippen molar-refractivity contribution < 1.29 is 9.53 Å². The lowest BCUT2D eigenvalue weighted by atomic mass is 9.90. The van der Waals surface area contributed by atoms with Crippen molar-refractivity contribution in [2.45, 2.75) is 58.7 Å². The average Bonchev–Trinajstić information content (AvgIpc) is 3.17. The van der Waals surface area contributed by atoms with Crippen molar-refractivity contribution in [1.29, 1.82) is 5.26 Å². The third kappa shape index (κ3) is 5.21. The molecule has 1 amide bonds. The number of nitriles is 1. The normalized spacial score (nSPS) is 17.1. The van der Waals surface area contributed by atoms with Crippen LogP contribution in [-0.4, -0.2) is 44.7 Å². The molecule has 37 heavy (non-hydrogen) atoms. The van der Waals surface area contributed by atoms with E-state index in [1.807, 2.05) is 56.6 Å². The molecule has 2 aromatic carbocycles. The summed E-state index contributed by atoms with van der Waals surface area (Å²) in [7, 11) is 0. The Kier molecular flexibility index (Phi) is 6.46. The fourth-order valence-electron chi connectivity index (χ4n) is 4.98. The number of carbonyl (C=O) groups is 1. The Bertz CT molecular complexity index is 1390. The molecule has 3 heterocycles. The van der Waals surface area contributed by atoms with E-state index in [2.05, 4.69) is 46.0 Å². The second kappa shape index (κ2) is 9.74. The number of anilines is 1. The van der Waals surface area contributed by atoms with Gasteiger partial charge in [0.1, 0.15) is 5.60 Å². The Morgan fingerprint density at radius 1 is 1.16 bits per heavy atom. The van der Waals surface area contributed by atoms with E-state index in [4.69, 9.17) is 10.00 Å². The quantitative estimate of drug-likeness (QED) is 0.499. The number of benzene rings is 2.